The molecule has 4 heteroatoms. The van der Waals surface area contributed by atoms with Crippen molar-refractivity contribution in [2.24, 2.45) is 5.92 Å². The zero-order chi connectivity index (χ0) is 15.9. The second-order valence-corrected chi connectivity index (χ2v) is 6.10. The van der Waals surface area contributed by atoms with E-state index >= 15 is 0 Å². The predicted molar refractivity (Wildman–Crippen MR) is 82.7 cm³/mol. The normalized spacial score (nSPS) is 27.1. The van der Waals surface area contributed by atoms with Crippen molar-refractivity contribution in [3.05, 3.63) is 11.6 Å². The Bertz CT molecular complexity index is 364. The molecule has 122 valence electrons. The first-order chi connectivity index (χ1) is 9.97. The monoisotopic (exact) mass is 298 g/mol. The van der Waals surface area contributed by atoms with E-state index in [4.69, 9.17) is 14.5 Å². The van der Waals surface area contributed by atoms with Crippen LogP contribution < -0.4 is 0 Å². The highest BCUT2D eigenvalue weighted by Crippen LogP contribution is 2.35. The lowest BCUT2D eigenvalue weighted by Gasteiger charge is -2.36. The molecule has 0 aromatic heterocycles. The van der Waals surface area contributed by atoms with Gasteiger partial charge in [0.2, 0.25) is 0 Å². The molecule has 0 saturated carbocycles. The summed E-state index contributed by atoms with van der Waals surface area (Å²) in [6.45, 7) is 8.57. The quantitative estimate of drug-likeness (QED) is 0.383. The van der Waals surface area contributed by atoms with Crippen molar-refractivity contribution in [3.63, 3.8) is 0 Å². The minimum atomic E-state index is -0.395. The molecule has 0 radical (unpaired) electrons. The minimum absolute atomic E-state index is 0.207. The smallest absolute Gasteiger partial charge is 0.308 e. The average molecular weight is 298 g/mol. The SMILES string of the molecule is CCCC(CC)C[C@]1(C)C=C(CC)[C@H](CC(=O)OC)OO1. The van der Waals surface area contributed by atoms with Crippen LogP contribution in [0.25, 0.3) is 0 Å². The van der Waals surface area contributed by atoms with Gasteiger partial charge in [-0.1, -0.05) is 40.0 Å². The van der Waals surface area contributed by atoms with E-state index in [1.807, 2.05) is 0 Å². The second kappa shape index (κ2) is 8.54. The molecule has 1 aliphatic heterocycles. The summed E-state index contributed by atoms with van der Waals surface area (Å²) in [4.78, 5) is 22.6. The third kappa shape index (κ3) is 5.44. The molecule has 21 heavy (non-hydrogen) atoms. The van der Waals surface area contributed by atoms with Gasteiger partial charge in [0.25, 0.3) is 0 Å². The number of hydrogen-bond donors (Lipinski definition) is 0. The van der Waals surface area contributed by atoms with Crippen LogP contribution in [0, 0.1) is 5.92 Å². The van der Waals surface area contributed by atoms with Crippen LogP contribution in [0.15, 0.2) is 11.6 Å². The van der Waals surface area contributed by atoms with Gasteiger partial charge in [-0.25, -0.2) is 9.78 Å². The molecule has 4 nitrogen and oxygen atoms in total. The molecule has 0 amide bonds. The van der Waals surface area contributed by atoms with Crippen molar-refractivity contribution >= 4 is 5.97 Å². The van der Waals surface area contributed by atoms with Crippen LogP contribution in [-0.4, -0.2) is 24.8 Å². The van der Waals surface area contributed by atoms with Gasteiger partial charge >= 0.3 is 5.97 Å². The Morgan fingerprint density at radius 3 is 2.67 bits per heavy atom. The number of carbonyl (C=O) groups is 1. The molecular formula is C17H30O4. The van der Waals surface area contributed by atoms with Crippen LogP contribution in [0.2, 0.25) is 0 Å². The summed E-state index contributed by atoms with van der Waals surface area (Å²) in [7, 11) is 1.39. The highest BCUT2D eigenvalue weighted by Gasteiger charge is 2.35. The largest absolute Gasteiger partial charge is 0.469 e. The van der Waals surface area contributed by atoms with Crippen molar-refractivity contribution in [1.82, 2.24) is 0 Å². The lowest BCUT2D eigenvalue weighted by molar-refractivity contribution is -0.374. The zero-order valence-corrected chi connectivity index (χ0v) is 14.1. The highest BCUT2D eigenvalue weighted by molar-refractivity contribution is 5.70. The Labute approximate surface area is 128 Å². The van der Waals surface area contributed by atoms with Gasteiger partial charge in [-0.05, 0) is 37.3 Å². The van der Waals surface area contributed by atoms with Crippen LogP contribution in [-0.2, 0) is 19.3 Å². The van der Waals surface area contributed by atoms with Crippen LogP contribution >= 0.6 is 0 Å². The average Bonchev–Trinajstić information content (AvgIpc) is 2.48. The zero-order valence-electron chi connectivity index (χ0n) is 14.1. The molecule has 0 spiro atoms. The summed E-state index contributed by atoms with van der Waals surface area (Å²) in [5, 5.41) is 0. The van der Waals surface area contributed by atoms with Crippen molar-refractivity contribution in [2.75, 3.05) is 7.11 Å². The van der Waals surface area contributed by atoms with Gasteiger partial charge < -0.3 is 4.74 Å². The lowest BCUT2D eigenvalue weighted by Crippen LogP contribution is -2.38. The number of hydrogen-bond acceptors (Lipinski definition) is 4. The van der Waals surface area contributed by atoms with E-state index in [0.717, 1.165) is 24.8 Å². The molecule has 3 atom stereocenters. The summed E-state index contributed by atoms with van der Waals surface area (Å²) in [6.07, 6.45) is 7.38. The van der Waals surface area contributed by atoms with Crippen molar-refractivity contribution in [1.29, 1.82) is 0 Å². The van der Waals surface area contributed by atoms with Gasteiger partial charge in [0.15, 0.2) is 0 Å². The lowest BCUT2D eigenvalue weighted by atomic mass is 9.84. The van der Waals surface area contributed by atoms with E-state index < -0.39 is 5.60 Å². The van der Waals surface area contributed by atoms with Gasteiger partial charge in [-0.3, -0.25) is 4.79 Å². The highest BCUT2D eigenvalue weighted by atomic mass is 17.2. The number of esters is 1. The van der Waals surface area contributed by atoms with Gasteiger partial charge in [0.05, 0.1) is 13.5 Å². The topological polar surface area (TPSA) is 44.8 Å². The fourth-order valence-corrected chi connectivity index (χ4v) is 2.99. The molecule has 0 aromatic carbocycles. The third-order valence-corrected chi connectivity index (χ3v) is 4.22. The molecule has 1 aliphatic rings. The Morgan fingerprint density at radius 2 is 2.14 bits per heavy atom. The second-order valence-electron chi connectivity index (χ2n) is 6.10. The van der Waals surface area contributed by atoms with Gasteiger partial charge in [-0.15, -0.1) is 0 Å². The molecule has 1 heterocycles. The maximum atomic E-state index is 11.4. The number of carbonyl (C=O) groups excluding carboxylic acids is 1. The van der Waals surface area contributed by atoms with Gasteiger partial charge in [0, 0.05) is 0 Å². The summed E-state index contributed by atoms with van der Waals surface area (Å²) in [5.41, 5.74) is 0.730. The summed E-state index contributed by atoms with van der Waals surface area (Å²) in [6, 6.07) is 0. The predicted octanol–water partition coefficient (Wildman–Crippen LogP) is 4.19. The molecule has 1 unspecified atom stereocenters. The van der Waals surface area contributed by atoms with E-state index in [0.29, 0.717) is 5.92 Å². The number of ether oxygens (including phenoxy) is 1. The fourth-order valence-electron chi connectivity index (χ4n) is 2.99. The van der Waals surface area contributed by atoms with Crippen molar-refractivity contribution in [3.8, 4) is 0 Å². The molecule has 1 rings (SSSR count). The molecule has 0 fully saturated rings. The van der Waals surface area contributed by atoms with Gasteiger partial charge in [0.1, 0.15) is 11.7 Å². The third-order valence-electron chi connectivity index (χ3n) is 4.22. The standard InChI is InChI=1S/C17H30O4/c1-6-9-13(7-2)11-17(4)12-14(8-3)15(20-21-17)10-16(18)19-5/h12-13,15H,6-11H2,1-5H3/t13?,15-,17+/m0/s1. The first-order valence-electron chi connectivity index (χ1n) is 8.10. The molecule has 0 bridgehead atoms. The van der Waals surface area contributed by atoms with Gasteiger partial charge in [-0.2, -0.15) is 0 Å². The van der Waals surface area contributed by atoms with E-state index in [-0.39, 0.29) is 18.5 Å². The Balaban J connectivity index is 2.77. The first-order valence-corrected chi connectivity index (χ1v) is 8.10. The minimum Gasteiger partial charge on any atom is -0.469 e. The molecule has 0 N–H and O–H groups in total. The number of methoxy groups -OCH3 is 1. The van der Waals surface area contributed by atoms with Crippen molar-refractivity contribution in [2.45, 2.75) is 77.9 Å². The van der Waals surface area contributed by atoms with Crippen LogP contribution in [0.3, 0.4) is 0 Å². The fraction of sp³-hybridized carbons (Fsp3) is 0.824. The molecule has 0 aromatic rings. The van der Waals surface area contributed by atoms with E-state index in [1.165, 1.54) is 20.0 Å². The van der Waals surface area contributed by atoms with Crippen molar-refractivity contribution < 1.29 is 19.3 Å². The van der Waals surface area contributed by atoms with E-state index in [2.05, 4.69) is 33.8 Å². The van der Waals surface area contributed by atoms with E-state index in [1.54, 1.807) is 0 Å². The molecule has 0 saturated heterocycles. The molecule has 0 aliphatic carbocycles. The maximum Gasteiger partial charge on any atom is 0.308 e. The summed E-state index contributed by atoms with van der Waals surface area (Å²) >= 11 is 0. The van der Waals surface area contributed by atoms with Crippen LogP contribution in [0.5, 0.6) is 0 Å². The number of rotatable bonds is 8. The first kappa shape index (κ1) is 18.2. The Morgan fingerprint density at radius 1 is 1.43 bits per heavy atom. The summed E-state index contributed by atoms with van der Waals surface area (Å²) in [5.74, 6) is 0.360. The maximum absolute atomic E-state index is 11.4. The van der Waals surface area contributed by atoms with E-state index in [9.17, 15) is 4.79 Å². The summed E-state index contributed by atoms with van der Waals surface area (Å²) < 4.78 is 4.71. The van der Waals surface area contributed by atoms with Crippen LogP contribution in [0.4, 0.5) is 0 Å². The molecular weight excluding hydrogens is 268 g/mol. The van der Waals surface area contributed by atoms with Crippen LogP contribution in [0.1, 0.15) is 66.2 Å². The Hall–Kier alpha value is -0.870. The Kier molecular flexibility index (Phi) is 7.40.